The van der Waals surface area contributed by atoms with Crippen LogP contribution in [0.1, 0.15) is 12.5 Å². The van der Waals surface area contributed by atoms with Crippen LogP contribution in [0.5, 0.6) is 0 Å². The summed E-state index contributed by atoms with van der Waals surface area (Å²) in [6.07, 6.45) is 8.44. The summed E-state index contributed by atoms with van der Waals surface area (Å²) in [5.41, 5.74) is 3.02. The molecule has 0 spiro atoms. The maximum atomic E-state index is 12.6. The van der Waals surface area contributed by atoms with Crippen LogP contribution in [0.2, 0.25) is 0 Å². The molecule has 0 radical (unpaired) electrons. The van der Waals surface area contributed by atoms with Crippen molar-refractivity contribution in [3.63, 3.8) is 0 Å². The monoisotopic (exact) mass is 429 g/mol. The summed E-state index contributed by atoms with van der Waals surface area (Å²) in [6, 6.07) is 5.73. The van der Waals surface area contributed by atoms with Gasteiger partial charge in [0.1, 0.15) is 18.0 Å². The van der Waals surface area contributed by atoms with Gasteiger partial charge in [0.2, 0.25) is 0 Å². The van der Waals surface area contributed by atoms with Gasteiger partial charge in [0.15, 0.2) is 0 Å². The fourth-order valence-corrected chi connectivity index (χ4v) is 4.00. The summed E-state index contributed by atoms with van der Waals surface area (Å²) in [7, 11) is 0. The first kappa shape index (κ1) is 20.1. The molecule has 0 amide bonds. The van der Waals surface area contributed by atoms with Crippen molar-refractivity contribution in [2.75, 3.05) is 29.9 Å². The standard InChI is InChI=1S/C23H23N7O2/c1-14-7-18(11-27-22(14)30-5-6-32-15(2)12-30)28-21-20-16(3-4-26-23(20)31)8-19(29-21)17-9-24-13-25-10-17/h3-4,7-11,13,15H,5-6,12H2,1-2H3,(H,26,31)(H,28,29)/t15-/m0/s1. The minimum absolute atomic E-state index is 0.176. The lowest BCUT2D eigenvalue weighted by Gasteiger charge is -2.33. The molecule has 1 atom stereocenters. The van der Waals surface area contributed by atoms with Crippen molar-refractivity contribution < 1.29 is 4.74 Å². The molecule has 0 bridgehead atoms. The number of nitrogens with zero attached hydrogens (tertiary/aromatic N) is 5. The van der Waals surface area contributed by atoms with Crippen molar-refractivity contribution in [2.45, 2.75) is 20.0 Å². The molecule has 4 aromatic heterocycles. The van der Waals surface area contributed by atoms with Gasteiger partial charge in [-0.3, -0.25) is 4.79 Å². The van der Waals surface area contributed by atoms with E-state index in [0.717, 1.165) is 41.1 Å². The van der Waals surface area contributed by atoms with Crippen molar-refractivity contribution >= 4 is 28.1 Å². The van der Waals surface area contributed by atoms with Crippen LogP contribution in [-0.4, -0.2) is 50.7 Å². The van der Waals surface area contributed by atoms with Crippen LogP contribution in [-0.2, 0) is 4.74 Å². The van der Waals surface area contributed by atoms with E-state index in [1.54, 1.807) is 24.8 Å². The molecule has 0 aliphatic carbocycles. The van der Waals surface area contributed by atoms with E-state index < -0.39 is 0 Å². The Morgan fingerprint density at radius 3 is 2.84 bits per heavy atom. The van der Waals surface area contributed by atoms with Gasteiger partial charge in [0, 0.05) is 37.2 Å². The molecule has 0 aromatic carbocycles. The van der Waals surface area contributed by atoms with Crippen molar-refractivity contribution in [3.8, 4) is 11.3 Å². The summed E-state index contributed by atoms with van der Waals surface area (Å²) < 4.78 is 5.64. The number of aromatic nitrogens is 5. The van der Waals surface area contributed by atoms with Crippen LogP contribution in [0.4, 0.5) is 17.3 Å². The molecule has 2 N–H and O–H groups in total. The maximum Gasteiger partial charge on any atom is 0.259 e. The third-order valence-electron chi connectivity index (χ3n) is 5.46. The predicted molar refractivity (Wildman–Crippen MR) is 123 cm³/mol. The topological polar surface area (TPSA) is 109 Å². The Morgan fingerprint density at radius 2 is 2.06 bits per heavy atom. The van der Waals surface area contributed by atoms with Crippen LogP contribution < -0.4 is 15.8 Å². The number of fused-ring (bicyclic) bond motifs is 1. The molecule has 1 aliphatic rings. The number of hydrogen-bond acceptors (Lipinski definition) is 8. The van der Waals surface area contributed by atoms with Crippen molar-refractivity contribution in [1.29, 1.82) is 0 Å². The number of anilines is 3. The molecule has 5 heterocycles. The minimum atomic E-state index is -0.211. The van der Waals surface area contributed by atoms with Gasteiger partial charge in [-0.2, -0.15) is 0 Å². The quantitative estimate of drug-likeness (QED) is 0.510. The number of H-pyrrole nitrogens is 1. The Hall–Kier alpha value is -3.85. The van der Waals surface area contributed by atoms with Gasteiger partial charge >= 0.3 is 0 Å². The first-order valence-electron chi connectivity index (χ1n) is 10.5. The molecule has 9 heteroatoms. The van der Waals surface area contributed by atoms with Crippen LogP contribution in [0, 0.1) is 6.92 Å². The highest BCUT2D eigenvalue weighted by Gasteiger charge is 2.20. The molecule has 0 saturated carbocycles. The number of hydrogen-bond donors (Lipinski definition) is 2. The Bertz CT molecular complexity index is 1320. The smallest absolute Gasteiger partial charge is 0.259 e. The van der Waals surface area contributed by atoms with Gasteiger partial charge in [0.05, 0.1) is 35.7 Å². The Balaban J connectivity index is 1.53. The van der Waals surface area contributed by atoms with Gasteiger partial charge in [-0.15, -0.1) is 0 Å². The van der Waals surface area contributed by atoms with Crippen LogP contribution in [0.15, 0.2) is 54.1 Å². The highest BCUT2D eigenvalue weighted by Crippen LogP contribution is 2.29. The Morgan fingerprint density at radius 1 is 1.22 bits per heavy atom. The Kier molecular flexibility index (Phi) is 5.24. The average Bonchev–Trinajstić information content (AvgIpc) is 2.79. The van der Waals surface area contributed by atoms with Gasteiger partial charge in [-0.1, -0.05) is 0 Å². The lowest BCUT2D eigenvalue weighted by Crippen LogP contribution is -2.41. The molecule has 1 fully saturated rings. The normalized spacial score (nSPS) is 16.3. The molecule has 9 nitrogen and oxygen atoms in total. The Labute approximate surface area is 184 Å². The van der Waals surface area contributed by atoms with Crippen LogP contribution in [0.25, 0.3) is 22.0 Å². The van der Waals surface area contributed by atoms with Crippen LogP contribution >= 0.6 is 0 Å². The zero-order valence-electron chi connectivity index (χ0n) is 17.9. The predicted octanol–water partition coefficient (Wildman–Crippen LogP) is 3.05. The van der Waals surface area contributed by atoms with Crippen molar-refractivity contribution in [2.24, 2.45) is 0 Å². The van der Waals surface area contributed by atoms with E-state index in [2.05, 4.69) is 37.1 Å². The fourth-order valence-electron chi connectivity index (χ4n) is 4.00. The molecule has 1 saturated heterocycles. The second-order valence-electron chi connectivity index (χ2n) is 7.87. The third-order valence-corrected chi connectivity index (χ3v) is 5.46. The van der Waals surface area contributed by atoms with E-state index in [1.165, 1.54) is 6.33 Å². The molecular weight excluding hydrogens is 406 g/mol. The summed E-state index contributed by atoms with van der Waals surface area (Å²) in [5, 5.41) is 4.56. The summed E-state index contributed by atoms with van der Waals surface area (Å²) in [4.78, 5) is 35.1. The van der Waals surface area contributed by atoms with E-state index in [9.17, 15) is 4.79 Å². The zero-order valence-corrected chi connectivity index (χ0v) is 17.9. The zero-order chi connectivity index (χ0) is 22.1. The second-order valence-corrected chi connectivity index (χ2v) is 7.87. The average molecular weight is 429 g/mol. The van der Waals surface area contributed by atoms with Gasteiger partial charge < -0.3 is 19.9 Å². The molecule has 162 valence electrons. The van der Waals surface area contributed by atoms with Gasteiger partial charge in [0.25, 0.3) is 5.56 Å². The van der Waals surface area contributed by atoms with Gasteiger partial charge in [-0.05, 0) is 43.0 Å². The number of nitrogens with one attached hydrogen (secondary N) is 2. The number of aryl methyl sites for hydroxylation is 1. The second kappa shape index (κ2) is 8.35. The third kappa shape index (κ3) is 3.90. The van der Waals surface area contributed by atoms with E-state index in [1.807, 2.05) is 25.1 Å². The number of ether oxygens (including phenoxy) is 1. The lowest BCUT2D eigenvalue weighted by atomic mass is 10.1. The molecule has 0 unspecified atom stereocenters. The first-order chi connectivity index (χ1) is 15.6. The highest BCUT2D eigenvalue weighted by molar-refractivity contribution is 5.95. The minimum Gasteiger partial charge on any atom is -0.375 e. The lowest BCUT2D eigenvalue weighted by molar-refractivity contribution is 0.0529. The molecule has 32 heavy (non-hydrogen) atoms. The number of rotatable bonds is 4. The number of pyridine rings is 3. The van der Waals surface area contributed by atoms with Crippen molar-refractivity contribution in [3.05, 3.63) is 65.2 Å². The first-order valence-corrected chi connectivity index (χ1v) is 10.5. The molecule has 1 aliphatic heterocycles. The van der Waals surface area contributed by atoms with Gasteiger partial charge in [-0.25, -0.2) is 19.9 Å². The summed E-state index contributed by atoms with van der Waals surface area (Å²) in [5.74, 6) is 1.40. The van der Waals surface area contributed by atoms with E-state index in [0.29, 0.717) is 23.5 Å². The summed E-state index contributed by atoms with van der Waals surface area (Å²) in [6.45, 7) is 6.41. The SMILES string of the molecule is Cc1cc(Nc2nc(-c3cncnc3)cc3cc[nH]c(=O)c23)cnc1N1CCO[C@@H](C)C1. The van der Waals surface area contributed by atoms with Crippen molar-refractivity contribution in [1.82, 2.24) is 24.9 Å². The fraction of sp³-hybridized carbons (Fsp3) is 0.261. The summed E-state index contributed by atoms with van der Waals surface area (Å²) >= 11 is 0. The van der Waals surface area contributed by atoms with Crippen LogP contribution in [0.3, 0.4) is 0 Å². The molecule has 5 rings (SSSR count). The van der Waals surface area contributed by atoms with E-state index in [-0.39, 0.29) is 11.7 Å². The highest BCUT2D eigenvalue weighted by atomic mass is 16.5. The largest absolute Gasteiger partial charge is 0.375 e. The number of aromatic amines is 1. The molecular formula is C23H23N7O2. The van der Waals surface area contributed by atoms with E-state index >= 15 is 0 Å². The molecule has 4 aromatic rings. The maximum absolute atomic E-state index is 12.6. The number of morpholine rings is 1. The van der Waals surface area contributed by atoms with E-state index in [4.69, 9.17) is 9.72 Å².